The molecule has 2 aromatic heterocycles. The number of benzene rings is 1. The summed E-state index contributed by atoms with van der Waals surface area (Å²) >= 11 is 1.30. The second-order valence-corrected chi connectivity index (χ2v) is 10.4. The Morgan fingerprint density at radius 3 is 2.66 bits per heavy atom. The first-order valence-electron chi connectivity index (χ1n) is 12.2. The third kappa shape index (κ3) is 5.07. The number of aryl methyl sites for hydroxylation is 2. The zero-order valence-corrected chi connectivity index (χ0v) is 20.9. The molecule has 3 aromatic rings. The molecule has 5 rings (SSSR count). The number of rotatable bonds is 7. The van der Waals surface area contributed by atoms with Crippen molar-refractivity contribution in [3.8, 4) is 0 Å². The summed E-state index contributed by atoms with van der Waals surface area (Å²) in [5, 5.41) is 6.79. The van der Waals surface area contributed by atoms with Crippen molar-refractivity contribution in [2.75, 3.05) is 23.3 Å². The fourth-order valence-corrected chi connectivity index (χ4v) is 5.52. The second kappa shape index (κ2) is 9.77. The van der Waals surface area contributed by atoms with Crippen molar-refractivity contribution in [3.05, 3.63) is 46.0 Å². The summed E-state index contributed by atoms with van der Waals surface area (Å²) in [7, 11) is 0. The number of piperidine rings is 1. The molecule has 3 heterocycles. The van der Waals surface area contributed by atoms with Crippen LogP contribution in [-0.2, 0) is 22.6 Å². The topological polar surface area (TPSA) is 109 Å². The van der Waals surface area contributed by atoms with E-state index in [-0.39, 0.29) is 29.8 Å². The fraction of sp³-hybridized carbons (Fsp3) is 0.480. The number of hydrogen-bond acceptors (Lipinski definition) is 7. The summed E-state index contributed by atoms with van der Waals surface area (Å²) in [5.41, 5.74) is 2.97. The Bertz CT molecular complexity index is 1320. The maximum absolute atomic E-state index is 13.1. The van der Waals surface area contributed by atoms with Gasteiger partial charge in [0, 0.05) is 30.7 Å². The molecule has 9 nitrogen and oxygen atoms in total. The van der Waals surface area contributed by atoms with Gasteiger partial charge in [-0.1, -0.05) is 36.5 Å². The van der Waals surface area contributed by atoms with Gasteiger partial charge in [0.25, 0.3) is 5.56 Å². The van der Waals surface area contributed by atoms with Gasteiger partial charge in [0.1, 0.15) is 17.6 Å². The standard InChI is InChI=1S/C25H30N6O3S/c1-3-16-6-4-5-15(2)20(16)28-19(32)13-31-14-26-22-21(24(31)34)35-25(29-22)30-11-9-17(10-12-30)23(33)27-18-7-8-18/h4-6,14,17-18H,3,7-13H2,1-2H3,(H,27,33)(H,28,32). The zero-order chi connectivity index (χ0) is 24.5. The van der Waals surface area contributed by atoms with Crippen LogP contribution in [0.25, 0.3) is 10.3 Å². The minimum absolute atomic E-state index is 0.0385. The number of thiazole rings is 1. The zero-order valence-electron chi connectivity index (χ0n) is 20.0. The average molecular weight is 495 g/mol. The van der Waals surface area contributed by atoms with Gasteiger partial charge < -0.3 is 15.5 Å². The van der Waals surface area contributed by atoms with Gasteiger partial charge in [0.2, 0.25) is 11.8 Å². The first kappa shape index (κ1) is 23.5. The maximum atomic E-state index is 13.1. The number of fused-ring (bicyclic) bond motifs is 1. The number of carbonyl (C=O) groups is 2. The van der Waals surface area contributed by atoms with Gasteiger partial charge in [0.15, 0.2) is 10.8 Å². The van der Waals surface area contributed by atoms with Crippen LogP contribution in [0.5, 0.6) is 0 Å². The molecule has 1 saturated carbocycles. The molecule has 184 valence electrons. The second-order valence-electron chi connectivity index (χ2n) is 9.38. The van der Waals surface area contributed by atoms with Crippen molar-refractivity contribution < 1.29 is 9.59 Å². The summed E-state index contributed by atoms with van der Waals surface area (Å²) in [6, 6.07) is 6.30. The summed E-state index contributed by atoms with van der Waals surface area (Å²) in [5.74, 6) is -0.0684. The highest BCUT2D eigenvalue weighted by Crippen LogP contribution is 2.30. The number of anilines is 2. The van der Waals surface area contributed by atoms with Crippen molar-refractivity contribution in [2.45, 2.75) is 58.5 Å². The van der Waals surface area contributed by atoms with Crippen LogP contribution in [0.1, 0.15) is 43.7 Å². The molecular weight excluding hydrogens is 464 g/mol. The largest absolute Gasteiger partial charge is 0.353 e. The molecule has 1 saturated heterocycles. The van der Waals surface area contributed by atoms with E-state index < -0.39 is 0 Å². The van der Waals surface area contributed by atoms with Gasteiger partial charge in [-0.3, -0.25) is 19.0 Å². The van der Waals surface area contributed by atoms with E-state index in [2.05, 4.69) is 25.5 Å². The lowest BCUT2D eigenvalue weighted by molar-refractivity contribution is -0.125. The van der Waals surface area contributed by atoms with Crippen molar-refractivity contribution in [1.29, 1.82) is 0 Å². The summed E-state index contributed by atoms with van der Waals surface area (Å²) in [4.78, 5) is 49.2. The number of carbonyl (C=O) groups excluding carboxylic acids is 2. The number of nitrogens with zero attached hydrogens (tertiary/aromatic N) is 4. The lowest BCUT2D eigenvalue weighted by atomic mass is 9.96. The molecule has 0 spiro atoms. The van der Waals surface area contributed by atoms with Gasteiger partial charge >= 0.3 is 0 Å². The summed E-state index contributed by atoms with van der Waals surface area (Å²) in [6.45, 7) is 5.31. The van der Waals surface area contributed by atoms with E-state index in [9.17, 15) is 14.4 Å². The van der Waals surface area contributed by atoms with Crippen molar-refractivity contribution in [2.24, 2.45) is 5.92 Å². The molecule has 1 aliphatic heterocycles. The Balaban J connectivity index is 1.26. The molecular formula is C25H30N6O3S. The van der Waals surface area contributed by atoms with Crippen LogP contribution in [0.15, 0.2) is 29.3 Å². The number of amides is 2. The van der Waals surface area contributed by atoms with E-state index in [4.69, 9.17) is 0 Å². The monoisotopic (exact) mass is 494 g/mol. The molecule has 0 unspecified atom stereocenters. The van der Waals surface area contributed by atoms with Gasteiger partial charge in [-0.05, 0) is 50.2 Å². The molecule has 2 aliphatic rings. The minimum Gasteiger partial charge on any atom is -0.353 e. The number of hydrogen-bond donors (Lipinski definition) is 2. The highest BCUT2D eigenvalue weighted by Gasteiger charge is 2.30. The van der Waals surface area contributed by atoms with Gasteiger partial charge in [-0.2, -0.15) is 4.98 Å². The molecule has 0 bridgehead atoms. The van der Waals surface area contributed by atoms with Gasteiger partial charge in [-0.25, -0.2) is 4.98 Å². The average Bonchev–Trinajstić information content (AvgIpc) is 3.56. The number of para-hydroxylation sites is 1. The molecule has 2 fully saturated rings. The third-order valence-electron chi connectivity index (χ3n) is 6.75. The van der Waals surface area contributed by atoms with Crippen molar-refractivity contribution in [1.82, 2.24) is 19.9 Å². The Labute approximate surface area is 207 Å². The van der Waals surface area contributed by atoms with E-state index in [1.165, 1.54) is 22.2 Å². The van der Waals surface area contributed by atoms with Crippen molar-refractivity contribution >= 4 is 44.3 Å². The molecule has 1 aromatic carbocycles. The number of aromatic nitrogens is 3. The number of nitrogens with one attached hydrogen (secondary N) is 2. The third-order valence-corrected chi connectivity index (χ3v) is 7.84. The van der Waals surface area contributed by atoms with E-state index >= 15 is 0 Å². The van der Waals surface area contributed by atoms with Crippen LogP contribution in [0.3, 0.4) is 0 Å². The SMILES string of the molecule is CCc1cccc(C)c1NC(=O)Cn1cnc2nc(N3CCC(C(=O)NC4CC4)CC3)sc2c1=O. The minimum atomic E-state index is -0.270. The van der Waals surface area contributed by atoms with E-state index in [1.807, 2.05) is 32.0 Å². The fourth-order valence-electron chi connectivity index (χ4n) is 4.50. The Hall–Kier alpha value is -3.27. The molecule has 0 radical (unpaired) electrons. The molecule has 10 heteroatoms. The Morgan fingerprint density at radius 2 is 1.94 bits per heavy atom. The lowest BCUT2D eigenvalue weighted by Gasteiger charge is -2.30. The molecule has 35 heavy (non-hydrogen) atoms. The molecule has 2 amide bonds. The van der Waals surface area contributed by atoms with Crippen LogP contribution >= 0.6 is 11.3 Å². The van der Waals surface area contributed by atoms with Crippen LogP contribution in [0, 0.1) is 12.8 Å². The van der Waals surface area contributed by atoms with Gasteiger partial charge in [0.05, 0.1) is 0 Å². The normalized spacial score (nSPS) is 16.5. The smallest absolute Gasteiger partial charge is 0.273 e. The summed E-state index contributed by atoms with van der Waals surface area (Å²) in [6.07, 6.45) is 5.91. The van der Waals surface area contributed by atoms with E-state index in [0.29, 0.717) is 16.4 Å². The Kier molecular flexibility index (Phi) is 6.55. The highest BCUT2D eigenvalue weighted by molar-refractivity contribution is 7.22. The molecule has 1 aliphatic carbocycles. The van der Waals surface area contributed by atoms with E-state index in [0.717, 1.165) is 67.1 Å². The van der Waals surface area contributed by atoms with Crippen LogP contribution in [-0.4, -0.2) is 45.5 Å². The predicted molar refractivity (Wildman–Crippen MR) is 137 cm³/mol. The van der Waals surface area contributed by atoms with Crippen LogP contribution in [0.2, 0.25) is 0 Å². The van der Waals surface area contributed by atoms with Crippen molar-refractivity contribution in [3.63, 3.8) is 0 Å². The van der Waals surface area contributed by atoms with E-state index in [1.54, 1.807) is 0 Å². The highest BCUT2D eigenvalue weighted by atomic mass is 32.1. The molecule has 0 atom stereocenters. The quantitative estimate of drug-likeness (QED) is 0.523. The first-order chi connectivity index (χ1) is 16.9. The lowest BCUT2D eigenvalue weighted by Crippen LogP contribution is -2.41. The maximum Gasteiger partial charge on any atom is 0.273 e. The Morgan fingerprint density at radius 1 is 1.17 bits per heavy atom. The van der Waals surface area contributed by atoms with Crippen LogP contribution < -0.4 is 21.1 Å². The predicted octanol–water partition coefficient (Wildman–Crippen LogP) is 2.86. The van der Waals surface area contributed by atoms with Crippen LogP contribution in [0.4, 0.5) is 10.8 Å². The van der Waals surface area contributed by atoms with Gasteiger partial charge in [-0.15, -0.1) is 0 Å². The summed E-state index contributed by atoms with van der Waals surface area (Å²) < 4.78 is 1.77. The first-order valence-corrected chi connectivity index (χ1v) is 13.0. The molecule has 2 N–H and O–H groups in total.